The van der Waals surface area contributed by atoms with Gasteiger partial charge in [-0.05, 0) is 56.2 Å². The van der Waals surface area contributed by atoms with Gasteiger partial charge in [-0.2, -0.15) is 13.2 Å². The minimum absolute atomic E-state index is 0.141. The van der Waals surface area contributed by atoms with Gasteiger partial charge in [-0.15, -0.1) is 0 Å². The molecule has 0 aromatic heterocycles. The van der Waals surface area contributed by atoms with E-state index in [9.17, 15) is 30.7 Å². The maximum atomic E-state index is 14.9. The van der Waals surface area contributed by atoms with Crippen molar-refractivity contribution in [1.29, 1.82) is 0 Å². The van der Waals surface area contributed by atoms with Crippen LogP contribution in [0.2, 0.25) is 0 Å². The molecule has 0 radical (unpaired) electrons. The average Bonchev–Trinajstić information content (AvgIpc) is 2.78. The Kier molecular flexibility index (Phi) is 6.98. The zero-order chi connectivity index (χ0) is 24.8. The lowest BCUT2D eigenvalue weighted by molar-refractivity contribution is -0.489. The molecule has 3 aliphatic heterocycles. The Hall–Kier alpha value is -1.39. The molecule has 10 heteroatoms. The second kappa shape index (κ2) is 9.24. The van der Waals surface area contributed by atoms with Gasteiger partial charge in [-0.25, -0.2) is 17.6 Å². The maximum absolute atomic E-state index is 14.9. The van der Waals surface area contributed by atoms with Crippen LogP contribution in [0.3, 0.4) is 0 Å². The van der Waals surface area contributed by atoms with Crippen LogP contribution in [0.5, 0.6) is 0 Å². The summed E-state index contributed by atoms with van der Waals surface area (Å²) in [5.41, 5.74) is -2.38. The third-order valence-electron chi connectivity index (χ3n) is 7.48. The van der Waals surface area contributed by atoms with Gasteiger partial charge >= 0.3 is 6.18 Å². The van der Waals surface area contributed by atoms with Crippen molar-refractivity contribution in [2.24, 2.45) is 17.3 Å². The fourth-order valence-electron chi connectivity index (χ4n) is 5.54. The van der Waals surface area contributed by atoms with Crippen molar-refractivity contribution in [1.82, 2.24) is 0 Å². The molecule has 0 spiro atoms. The van der Waals surface area contributed by atoms with E-state index < -0.39 is 54.0 Å². The zero-order valence-electron chi connectivity index (χ0n) is 19.0. The van der Waals surface area contributed by atoms with Crippen LogP contribution in [0.15, 0.2) is 12.1 Å². The highest BCUT2D eigenvalue weighted by atomic mass is 19.4. The lowest BCUT2D eigenvalue weighted by Gasteiger charge is -2.55. The normalized spacial score (nSPS) is 32.2. The van der Waals surface area contributed by atoms with Crippen molar-refractivity contribution in [2.75, 3.05) is 19.8 Å². The van der Waals surface area contributed by atoms with E-state index in [0.29, 0.717) is 44.8 Å². The number of rotatable bonds is 7. The second-order valence-electron chi connectivity index (χ2n) is 9.96. The number of fused-ring (bicyclic) bond motifs is 3. The van der Waals surface area contributed by atoms with Crippen molar-refractivity contribution >= 4 is 0 Å². The number of hydrogen-bond acceptors (Lipinski definition) is 3. The summed E-state index contributed by atoms with van der Waals surface area (Å²) in [6.07, 6.45) is -3.19. The Bertz CT molecular complexity index is 830. The molecular formula is C24H29F7O3. The summed E-state index contributed by atoms with van der Waals surface area (Å²) in [5, 5.41) is 0. The summed E-state index contributed by atoms with van der Waals surface area (Å²) in [5.74, 6) is -9.02. The van der Waals surface area contributed by atoms with Gasteiger partial charge < -0.3 is 14.2 Å². The summed E-state index contributed by atoms with van der Waals surface area (Å²) in [4.78, 5) is 0. The zero-order valence-corrected chi connectivity index (χ0v) is 19.0. The van der Waals surface area contributed by atoms with Crippen LogP contribution in [-0.4, -0.2) is 31.7 Å². The third-order valence-corrected chi connectivity index (χ3v) is 7.48. The second-order valence-corrected chi connectivity index (χ2v) is 9.96. The van der Waals surface area contributed by atoms with Gasteiger partial charge in [-0.1, -0.05) is 13.3 Å². The van der Waals surface area contributed by atoms with Gasteiger partial charge in [0.05, 0.1) is 19.8 Å². The Morgan fingerprint density at radius 1 is 0.882 bits per heavy atom. The van der Waals surface area contributed by atoms with Crippen LogP contribution in [-0.2, 0) is 26.8 Å². The highest BCUT2D eigenvalue weighted by molar-refractivity contribution is 5.28. The molecular weight excluding hydrogens is 469 g/mol. The predicted molar refractivity (Wildman–Crippen MR) is 108 cm³/mol. The van der Waals surface area contributed by atoms with E-state index in [1.54, 1.807) is 0 Å². The summed E-state index contributed by atoms with van der Waals surface area (Å²) < 4.78 is 113. The number of hydrogen-bond donors (Lipinski definition) is 0. The van der Waals surface area contributed by atoms with Crippen LogP contribution in [0.1, 0.15) is 63.0 Å². The molecule has 1 aliphatic carbocycles. The van der Waals surface area contributed by atoms with Crippen LogP contribution < -0.4 is 0 Å². The standard InChI is InChI=1S/C24H29F7O3/c1-2-8-21-12-32-24(33-13-21,34-14-21)17-5-3-16(4-6-17)22(27,28)9-7-15-10-18(25)20(19(26)11-15)23(29,30)31/h10-11,16-17H,2-9,12-14H2,1H3. The molecule has 0 atom stereocenters. The molecule has 3 nitrogen and oxygen atoms in total. The molecule has 1 aromatic carbocycles. The highest BCUT2D eigenvalue weighted by Crippen LogP contribution is 2.50. The Morgan fingerprint density at radius 2 is 1.41 bits per heavy atom. The predicted octanol–water partition coefficient (Wildman–Crippen LogP) is 6.88. The number of ether oxygens (including phenoxy) is 3. The number of halogens is 7. The largest absolute Gasteiger partial charge is 0.422 e. The Morgan fingerprint density at radius 3 is 1.88 bits per heavy atom. The molecule has 0 N–H and O–H groups in total. The SMILES string of the molecule is CCCC12COC(C3CCC(C(F)(F)CCc4cc(F)c(C(F)(F)F)c(F)c4)CC3)(OC1)OC2. The van der Waals surface area contributed by atoms with Crippen molar-refractivity contribution < 1.29 is 44.9 Å². The van der Waals surface area contributed by atoms with Crippen molar-refractivity contribution in [3.63, 3.8) is 0 Å². The summed E-state index contributed by atoms with van der Waals surface area (Å²) in [6, 6.07) is 0.962. The fraction of sp³-hybridized carbons (Fsp3) is 0.750. The van der Waals surface area contributed by atoms with Crippen molar-refractivity contribution in [3.8, 4) is 0 Å². The van der Waals surface area contributed by atoms with E-state index in [4.69, 9.17) is 14.2 Å². The van der Waals surface area contributed by atoms with E-state index in [2.05, 4.69) is 6.92 Å². The maximum Gasteiger partial charge on any atom is 0.422 e. The molecule has 5 rings (SSSR count). The van der Waals surface area contributed by atoms with Crippen LogP contribution in [0.4, 0.5) is 30.7 Å². The topological polar surface area (TPSA) is 27.7 Å². The van der Waals surface area contributed by atoms with Gasteiger partial charge in [-0.3, -0.25) is 0 Å². The van der Waals surface area contributed by atoms with E-state index in [1.165, 1.54) is 0 Å². The molecule has 3 saturated heterocycles. The molecule has 0 amide bonds. The molecule has 34 heavy (non-hydrogen) atoms. The van der Waals surface area contributed by atoms with Crippen LogP contribution in [0.25, 0.3) is 0 Å². The van der Waals surface area contributed by atoms with Gasteiger partial charge in [0, 0.05) is 23.7 Å². The fourth-order valence-corrected chi connectivity index (χ4v) is 5.54. The quantitative estimate of drug-likeness (QED) is 0.384. The highest BCUT2D eigenvalue weighted by Gasteiger charge is 2.57. The first kappa shape index (κ1) is 25.7. The monoisotopic (exact) mass is 498 g/mol. The lowest BCUT2D eigenvalue weighted by Crippen LogP contribution is -2.63. The van der Waals surface area contributed by atoms with E-state index in [1.807, 2.05) is 0 Å². The Balaban J connectivity index is 1.32. The molecule has 192 valence electrons. The van der Waals surface area contributed by atoms with Crippen LogP contribution in [0, 0.1) is 28.9 Å². The van der Waals surface area contributed by atoms with E-state index >= 15 is 0 Å². The number of aryl methyl sites for hydroxylation is 1. The summed E-state index contributed by atoms with van der Waals surface area (Å²) >= 11 is 0. The summed E-state index contributed by atoms with van der Waals surface area (Å²) in [6.45, 7) is 3.66. The molecule has 2 bridgehead atoms. The third kappa shape index (κ3) is 4.95. The lowest BCUT2D eigenvalue weighted by atomic mass is 9.75. The molecule has 3 heterocycles. The number of benzene rings is 1. The van der Waals surface area contributed by atoms with Crippen molar-refractivity contribution in [2.45, 2.75) is 76.4 Å². The molecule has 4 fully saturated rings. The van der Waals surface area contributed by atoms with E-state index in [0.717, 1.165) is 12.8 Å². The van der Waals surface area contributed by atoms with Crippen molar-refractivity contribution in [3.05, 3.63) is 34.9 Å². The first-order valence-electron chi connectivity index (χ1n) is 11.7. The van der Waals surface area contributed by atoms with Gasteiger partial charge in [0.25, 0.3) is 11.9 Å². The molecule has 1 aromatic rings. The minimum Gasteiger partial charge on any atom is -0.326 e. The molecule has 0 unspecified atom stereocenters. The van der Waals surface area contributed by atoms with Gasteiger partial charge in [0.2, 0.25) is 0 Å². The minimum atomic E-state index is -5.19. The van der Waals surface area contributed by atoms with E-state index in [-0.39, 0.29) is 29.7 Å². The van der Waals surface area contributed by atoms with Crippen LogP contribution >= 0.6 is 0 Å². The first-order valence-corrected chi connectivity index (χ1v) is 11.7. The summed E-state index contributed by atoms with van der Waals surface area (Å²) in [7, 11) is 0. The van der Waals surface area contributed by atoms with Gasteiger partial charge in [0.1, 0.15) is 17.2 Å². The number of alkyl halides is 5. The smallest absolute Gasteiger partial charge is 0.326 e. The molecule has 4 aliphatic rings. The average molecular weight is 498 g/mol. The molecule has 1 saturated carbocycles. The van der Waals surface area contributed by atoms with Gasteiger partial charge in [0.15, 0.2) is 0 Å². The Labute approximate surface area is 193 Å². The first-order chi connectivity index (χ1) is 15.9.